The second kappa shape index (κ2) is 9.02. The lowest BCUT2D eigenvalue weighted by molar-refractivity contribution is -0.145. The van der Waals surface area contributed by atoms with Crippen LogP contribution in [0.3, 0.4) is 0 Å². The number of carboxylic acid groups (broad SMARTS) is 1. The molecule has 7 heteroatoms. The van der Waals surface area contributed by atoms with Crippen LogP contribution in [0.4, 0.5) is 4.39 Å². The van der Waals surface area contributed by atoms with Crippen LogP contribution in [-0.4, -0.2) is 42.6 Å². The Labute approximate surface area is 157 Å². The number of carbonyl (C=O) groups is 2. The van der Waals surface area contributed by atoms with Gasteiger partial charge in [-0.3, -0.25) is 9.59 Å². The van der Waals surface area contributed by atoms with E-state index in [1.165, 1.54) is 37.3 Å². The first-order valence-corrected chi connectivity index (χ1v) is 8.32. The molecular formula is C20H22FNO5. The first-order valence-electron chi connectivity index (χ1n) is 8.32. The summed E-state index contributed by atoms with van der Waals surface area (Å²) in [4.78, 5) is 25.4. The Morgan fingerprint density at radius 2 is 1.74 bits per heavy atom. The predicted molar refractivity (Wildman–Crippen MR) is 97.4 cm³/mol. The summed E-state index contributed by atoms with van der Waals surface area (Å²) < 4.78 is 23.9. The number of halogens is 1. The van der Waals surface area contributed by atoms with Crippen molar-refractivity contribution in [1.82, 2.24) is 4.90 Å². The fourth-order valence-electron chi connectivity index (χ4n) is 2.75. The van der Waals surface area contributed by atoms with Crippen molar-refractivity contribution >= 4 is 11.9 Å². The molecule has 0 radical (unpaired) electrons. The molecule has 1 N–H and O–H groups in total. The van der Waals surface area contributed by atoms with Crippen molar-refractivity contribution in [3.8, 4) is 11.5 Å². The number of benzene rings is 2. The van der Waals surface area contributed by atoms with E-state index >= 15 is 0 Å². The number of ether oxygens (including phenoxy) is 2. The van der Waals surface area contributed by atoms with Gasteiger partial charge in [0.2, 0.25) is 5.91 Å². The summed E-state index contributed by atoms with van der Waals surface area (Å²) in [5, 5.41) is 9.21. The van der Waals surface area contributed by atoms with E-state index in [2.05, 4.69) is 0 Å². The van der Waals surface area contributed by atoms with Crippen LogP contribution in [0.25, 0.3) is 0 Å². The Balaban J connectivity index is 2.29. The number of nitrogens with zero attached hydrogens (tertiary/aromatic N) is 1. The number of aliphatic carboxylic acids is 1. The molecule has 144 valence electrons. The third kappa shape index (κ3) is 5.44. The first-order chi connectivity index (χ1) is 12.8. The lowest BCUT2D eigenvalue weighted by Crippen LogP contribution is -2.37. The molecule has 0 aliphatic rings. The molecule has 0 aromatic heterocycles. The standard InChI is InChI=1S/C20H22FNO5/c1-13(15-5-4-6-16(21)9-15)20(25)22(12-19(23)24)11-14-7-17(26-2)10-18(8-14)27-3/h4-10,13H,11-12H2,1-3H3,(H,23,24). The van der Waals surface area contributed by atoms with Gasteiger partial charge in [0, 0.05) is 12.6 Å². The molecule has 27 heavy (non-hydrogen) atoms. The van der Waals surface area contributed by atoms with Crippen LogP contribution in [0.15, 0.2) is 42.5 Å². The largest absolute Gasteiger partial charge is 0.497 e. The number of hydrogen-bond acceptors (Lipinski definition) is 4. The van der Waals surface area contributed by atoms with Crippen molar-refractivity contribution in [1.29, 1.82) is 0 Å². The Kier molecular flexibility index (Phi) is 6.76. The van der Waals surface area contributed by atoms with Crippen molar-refractivity contribution in [3.63, 3.8) is 0 Å². The normalized spacial score (nSPS) is 11.6. The highest BCUT2D eigenvalue weighted by molar-refractivity contribution is 5.86. The second-order valence-corrected chi connectivity index (χ2v) is 6.09. The van der Waals surface area contributed by atoms with Crippen LogP contribution in [0.5, 0.6) is 11.5 Å². The van der Waals surface area contributed by atoms with Gasteiger partial charge >= 0.3 is 5.97 Å². The molecule has 0 saturated carbocycles. The average Bonchev–Trinajstić information content (AvgIpc) is 2.65. The van der Waals surface area contributed by atoms with E-state index in [0.29, 0.717) is 22.6 Å². The van der Waals surface area contributed by atoms with E-state index in [-0.39, 0.29) is 6.54 Å². The van der Waals surface area contributed by atoms with E-state index in [0.717, 1.165) is 0 Å². The summed E-state index contributed by atoms with van der Waals surface area (Å²) >= 11 is 0. The number of rotatable bonds is 8. The van der Waals surface area contributed by atoms with Crippen molar-refractivity contribution in [3.05, 3.63) is 59.4 Å². The Bertz CT molecular complexity index is 802. The van der Waals surface area contributed by atoms with E-state index in [9.17, 15) is 19.1 Å². The summed E-state index contributed by atoms with van der Waals surface area (Å²) in [6, 6.07) is 10.8. The lowest BCUT2D eigenvalue weighted by atomic mass is 9.99. The number of methoxy groups -OCH3 is 2. The number of carbonyl (C=O) groups excluding carboxylic acids is 1. The van der Waals surface area contributed by atoms with Crippen LogP contribution in [-0.2, 0) is 16.1 Å². The molecule has 1 unspecified atom stereocenters. The maximum absolute atomic E-state index is 13.5. The lowest BCUT2D eigenvalue weighted by Gasteiger charge is -2.25. The molecule has 0 aliphatic carbocycles. The minimum atomic E-state index is -1.13. The van der Waals surface area contributed by atoms with Gasteiger partial charge in [0.25, 0.3) is 0 Å². The maximum atomic E-state index is 13.5. The van der Waals surface area contributed by atoms with Crippen molar-refractivity contribution in [2.75, 3.05) is 20.8 Å². The predicted octanol–water partition coefficient (Wildman–Crippen LogP) is 3.06. The summed E-state index contributed by atoms with van der Waals surface area (Å²) in [5.41, 5.74) is 1.14. The Hall–Kier alpha value is -3.09. The maximum Gasteiger partial charge on any atom is 0.323 e. The summed E-state index contributed by atoms with van der Waals surface area (Å²) in [5.74, 6) is -1.62. The average molecular weight is 375 g/mol. The third-order valence-corrected chi connectivity index (χ3v) is 4.14. The highest BCUT2D eigenvalue weighted by Gasteiger charge is 2.24. The molecule has 0 spiro atoms. The zero-order valence-corrected chi connectivity index (χ0v) is 15.4. The monoisotopic (exact) mass is 375 g/mol. The van der Waals surface area contributed by atoms with Crippen LogP contribution in [0, 0.1) is 5.82 Å². The molecule has 6 nitrogen and oxygen atoms in total. The highest BCUT2D eigenvalue weighted by atomic mass is 19.1. The molecule has 1 atom stereocenters. The van der Waals surface area contributed by atoms with E-state index < -0.39 is 30.2 Å². The molecule has 0 fully saturated rings. The summed E-state index contributed by atoms with van der Waals surface area (Å²) in [6.07, 6.45) is 0. The van der Waals surface area contributed by atoms with E-state index in [1.54, 1.807) is 31.2 Å². The SMILES string of the molecule is COc1cc(CN(CC(=O)O)C(=O)C(C)c2cccc(F)c2)cc(OC)c1. The van der Waals surface area contributed by atoms with E-state index in [1.807, 2.05) is 0 Å². The molecule has 1 amide bonds. The Morgan fingerprint density at radius 3 is 2.26 bits per heavy atom. The molecular weight excluding hydrogens is 353 g/mol. The third-order valence-electron chi connectivity index (χ3n) is 4.14. The van der Waals surface area contributed by atoms with Gasteiger partial charge < -0.3 is 19.5 Å². The van der Waals surface area contributed by atoms with Crippen LogP contribution in [0.1, 0.15) is 24.0 Å². The van der Waals surface area contributed by atoms with Crippen LogP contribution >= 0.6 is 0 Å². The van der Waals surface area contributed by atoms with Gasteiger partial charge in [-0.05, 0) is 42.3 Å². The number of amides is 1. The summed E-state index contributed by atoms with van der Waals surface area (Å²) in [6.45, 7) is 1.20. The van der Waals surface area contributed by atoms with Gasteiger partial charge in [0.15, 0.2) is 0 Å². The molecule has 0 bridgehead atoms. The van der Waals surface area contributed by atoms with Gasteiger partial charge in [-0.25, -0.2) is 4.39 Å². The molecule has 2 aromatic carbocycles. The van der Waals surface area contributed by atoms with Gasteiger partial charge in [-0.1, -0.05) is 12.1 Å². The number of hydrogen-bond donors (Lipinski definition) is 1. The first kappa shape index (κ1) is 20.2. The molecule has 0 aliphatic heterocycles. The number of carboxylic acids is 1. The van der Waals surface area contributed by atoms with E-state index in [4.69, 9.17) is 9.47 Å². The van der Waals surface area contributed by atoms with Gasteiger partial charge in [0.1, 0.15) is 23.9 Å². The molecule has 2 rings (SSSR count). The molecule has 0 heterocycles. The smallest absolute Gasteiger partial charge is 0.323 e. The second-order valence-electron chi connectivity index (χ2n) is 6.09. The zero-order chi connectivity index (χ0) is 20.0. The van der Waals surface area contributed by atoms with Gasteiger partial charge in [-0.15, -0.1) is 0 Å². The highest BCUT2D eigenvalue weighted by Crippen LogP contribution is 2.25. The molecule has 0 saturated heterocycles. The summed E-state index contributed by atoms with van der Waals surface area (Å²) in [7, 11) is 3.01. The minimum absolute atomic E-state index is 0.0539. The fraction of sp³-hybridized carbons (Fsp3) is 0.300. The van der Waals surface area contributed by atoms with Gasteiger partial charge in [-0.2, -0.15) is 0 Å². The quantitative estimate of drug-likeness (QED) is 0.767. The van der Waals surface area contributed by atoms with Crippen LogP contribution in [0.2, 0.25) is 0 Å². The fourth-order valence-corrected chi connectivity index (χ4v) is 2.75. The van der Waals surface area contributed by atoms with Crippen molar-refractivity contribution < 1.29 is 28.6 Å². The minimum Gasteiger partial charge on any atom is -0.497 e. The van der Waals surface area contributed by atoms with Crippen molar-refractivity contribution in [2.24, 2.45) is 0 Å². The van der Waals surface area contributed by atoms with Crippen molar-refractivity contribution in [2.45, 2.75) is 19.4 Å². The zero-order valence-electron chi connectivity index (χ0n) is 15.4. The Morgan fingerprint density at radius 1 is 1.11 bits per heavy atom. The topological polar surface area (TPSA) is 76.1 Å². The van der Waals surface area contributed by atoms with Crippen LogP contribution < -0.4 is 9.47 Å². The van der Waals surface area contributed by atoms with Gasteiger partial charge in [0.05, 0.1) is 20.1 Å². The molecule has 2 aromatic rings.